The Labute approximate surface area is 136 Å². The lowest BCUT2D eigenvalue weighted by Crippen LogP contribution is -2.37. The Morgan fingerprint density at radius 3 is 1.91 bits per heavy atom. The Bertz CT molecular complexity index is 511. The number of rotatable bonds is 8. The van der Waals surface area contributed by atoms with Gasteiger partial charge in [-0.2, -0.15) is 0 Å². The minimum Gasteiger partial charge on any atom is -0.465 e. The van der Waals surface area contributed by atoms with Gasteiger partial charge in [-0.3, -0.25) is 14.4 Å². The number of anilines is 1. The fourth-order valence-corrected chi connectivity index (χ4v) is 2.14. The van der Waals surface area contributed by atoms with Crippen LogP contribution in [-0.2, 0) is 23.9 Å². The molecule has 0 saturated heterocycles. The second kappa shape index (κ2) is 9.61. The molecule has 6 heteroatoms. The van der Waals surface area contributed by atoms with Gasteiger partial charge >= 0.3 is 11.9 Å². The van der Waals surface area contributed by atoms with Gasteiger partial charge in [-0.25, -0.2) is 0 Å². The first kappa shape index (κ1) is 18.7. The largest absolute Gasteiger partial charge is 0.465 e. The van der Waals surface area contributed by atoms with Crippen LogP contribution in [0.25, 0.3) is 0 Å². The van der Waals surface area contributed by atoms with Crippen LogP contribution < -0.4 is 4.90 Å². The zero-order chi connectivity index (χ0) is 17.2. The average Bonchev–Trinajstić information content (AvgIpc) is 2.54. The van der Waals surface area contributed by atoms with Crippen molar-refractivity contribution in [3.63, 3.8) is 0 Å². The molecule has 0 spiro atoms. The lowest BCUT2D eigenvalue weighted by molar-refractivity contribution is -0.163. The third kappa shape index (κ3) is 5.39. The molecule has 1 rings (SSSR count). The molecule has 0 heterocycles. The summed E-state index contributed by atoms with van der Waals surface area (Å²) in [5.41, 5.74) is 0.714. The maximum absolute atomic E-state index is 12.5. The third-order valence-electron chi connectivity index (χ3n) is 3.21. The number of hydrogen-bond donors (Lipinski definition) is 0. The van der Waals surface area contributed by atoms with Crippen LogP contribution in [0.5, 0.6) is 0 Å². The molecule has 1 aromatic rings. The zero-order valence-electron chi connectivity index (χ0n) is 13.8. The van der Waals surface area contributed by atoms with Gasteiger partial charge in [0.2, 0.25) is 5.91 Å². The fourth-order valence-electron chi connectivity index (χ4n) is 2.14. The van der Waals surface area contributed by atoms with E-state index in [9.17, 15) is 14.4 Å². The molecule has 0 bridgehead atoms. The Hall–Kier alpha value is -2.37. The molecule has 0 aliphatic heterocycles. The van der Waals surface area contributed by atoms with Crippen LogP contribution in [0.3, 0.4) is 0 Å². The van der Waals surface area contributed by atoms with Crippen molar-refractivity contribution in [1.29, 1.82) is 0 Å². The van der Waals surface area contributed by atoms with E-state index in [1.54, 1.807) is 26.0 Å². The Morgan fingerprint density at radius 2 is 1.48 bits per heavy atom. The van der Waals surface area contributed by atoms with E-state index >= 15 is 0 Å². The molecule has 0 N–H and O–H groups in total. The zero-order valence-corrected chi connectivity index (χ0v) is 13.8. The number of benzene rings is 1. The van der Waals surface area contributed by atoms with Gasteiger partial charge in [0, 0.05) is 12.2 Å². The third-order valence-corrected chi connectivity index (χ3v) is 3.21. The number of amides is 1. The van der Waals surface area contributed by atoms with E-state index in [0.29, 0.717) is 12.2 Å². The average molecular weight is 321 g/mol. The number of carbonyl (C=O) groups excluding carboxylic acids is 3. The molecule has 1 aromatic carbocycles. The van der Waals surface area contributed by atoms with Crippen molar-refractivity contribution in [3.8, 4) is 0 Å². The summed E-state index contributed by atoms with van der Waals surface area (Å²) in [6.45, 7) is 5.82. The van der Waals surface area contributed by atoms with E-state index in [2.05, 4.69) is 0 Å². The summed E-state index contributed by atoms with van der Waals surface area (Å²) in [5, 5.41) is 0. The van der Waals surface area contributed by atoms with E-state index < -0.39 is 17.9 Å². The Balaban J connectivity index is 2.90. The van der Waals surface area contributed by atoms with Crippen molar-refractivity contribution in [2.24, 2.45) is 5.92 Å². The van der Waals surface area contributed by atoms with E-state index in [4.69, 9.17) is 9.47 Å². The van der Waals surface area contributed by atoms with Gasteiger partial charge in [0.05, 0.1) is 19.6 Å². The van der Waals surface area contributed by atoms with Crippen LogP contribution in [-0.4, -0.2) is 37.6 Å². The lowest BCUT2D eigenvalue weighted by Gasteiger charge is -2.23. The minimum atomic E-state index is -1.24. The molecule has 23 heavy (non-hydrogen) atoms. The van der Waals surface area contributed by atoms with Crippen LogP contribution in [0, 0.1) is 5.92 Å². The second-order valence-corrected chi connectivity index (χ2v) is 4.73. The molecule has 0 radical (unpaired) electrons. The summed E-state index contributed by atoms with van der Waals surface area (Å²) in [6, 6.07) is 9.08. The van der Waals surface area contributed by atoms with E-state index in [1.165, 1.54) is 4.90 Å². The van der Waals surface area contributed by atoms with Crippen LogP contribution >= 0.6 is 0 Å². The molecular weight excluding hydrogens is 298 g/mol. The highest BCUT2D eigenvalue weighted by Gasteiger charge is 2.33. The van der Waals surface area contributed by atoms with Crippen LogP contribution in [0.2, 0.25) is 0 Å². The molecule has 126 valence electrons. The predicted octanol–water partition coefficient (Wildman–Crippen LogP) is 2.17. The molecule has 0 saturated carbocycles. The first-order valence-corrected chi connectivity index (χ1v) is 7.73. The predicted molar refractivity (Wildman–Crippen MR) is 85.8 cm³/mol. The van der Waals surface area contributed by atoms with Crippen molar-refractivity contribution in [1.82, 2.24) is 0 Å². The van der Waals surface area contributed by atoms with Crippen molar-refractivity contribution < 1.29 is 23.9 Å². The number of para-hydroxylation sites is 1. The summed E-state index contributed by atoms with van der Waals surface area (Å²) in [4.78, 5) is 37.9. The summed E-state index contributed by atoms with van der Waals surface area (Å²) >= 11 is 0. The summed E-state index contributed by atoms with van der Waals surface area (Å²) in [7, 11) is 0. The minimum absolute atomic E-state index is 0.138. The Morgan fingerprint density at radius 1 is 0.957 bits per heavy atom. The SMILES string of the molecule is CCOC(=O)C(CC(=O)N(CC)c1ccccc1)C(=O)OCC. The molecule has 0 fully saturated rings. The molecule has 0 unspecified atom stereocenters. The van der Waals surface area contributed by atoms with E-state index in [-0.39, 0.29) is 25.5 Å². The van der Waals surface area contributed by atoms with Crippen LogP contribution in [0.1, 0.15) is 27.2 Å². The normalized spacial score (nSPS) is 10.3. The molecule has 6 nitrogen and oxygen atoms in total. The van der Waals surface area contributed by atoms with Gasteiger partial charge in [-0.1, -0.05) is 18.2 Å². The molecule has 1 amide bonds. The van der Waals surface area contributed by atoms with Gasteiger partial charge in [-0.15, -0.1) is 0 Å². The quantitative estimate of drug-likeness (QED) is 0.542. The lowest BCUT2D eigenvalue weighted by atomic mass is 10.0. The molecule has 0 aromatic heterocycles. The maximum Gasteiger partial charge on any atom is 0.320 e. The maximum atomic E-state index is 12.5. The van der Waals surface area contributed by atoms with Crippen molar-refractivity contribution in [2.75, 3.05) is 24.7 Å². The molecule has 0 aliphatic rings. The van der Waals surface area contributed by atoms with Crippen LogP contribution in [0.4, 0.5) is 5.69 Å². The summed E-state index contributed by atoms with van der Waals surface area (Å²) in [6.07, 6.45) is -0.277. The van der Waals surface area contributed by atoms with E-state index in [0.717, 1.165) is 0 Å². The first-order valence-electron chi connectivity index (χ1n) is 7.73. The van der Waals surface area contributed by atoms with Gasteiger partial charge in [0.25, 0.3) is 0 Å². The Kier molecular flexibility index (Phi) is 7.80. The number of carbonyl (C=O) groups is 3. The van der Waals surface area contributed by atoms with Gasteiger partial charge in [0.1, 0.15) is 0 Å². The monoisotopic (exact) mass is 321 g/mol. The summed E-state index contributed by atoms with van der Waals surface area (Å²) in [5.74, 6) is -3.03. The number of hydrogen-bond acceptors (Lipinski definition) is 5. The standard InChI is InChI=1S/C17H23NO5/c1-4-18(13-10-8-7-9-11-13)15(19)12-14(16(20)22-5-2)17(21)23-6-3/h7-11,14H,4-6,12H2,1-3H3. The molecule has 0 aliphatic carbocycles. The smallest absolute Gasteiger partial charge is 0.320 e. The van der Waals surface area contributed by atoms with Crippen LogP contribution in [0.15, 0.2) is 30.3 Å². The van der Waals surface area contributed by atoms with Gasteiger partial charge in [0.15, 0.2) is 5.92 Å². The van der Waals surface area contributed by atoms with Gasteiger partial charge < -0.3 is 14.4 Å². The second-order valence-electron chi connectivity index (χ2n) is 4.73. The number of ether oxygens (including phenoxy) is 2. The highest BCUT2D eigenvalue weighted by molar-refractivity contribution is 6.02. The molecule has 0 atom stereocenters. The topological polar surface area (TPSA) is 72.9 Å². The molecular formula is C17H23NO5. The van der Waals surface area contributed by atoms with Crippen molar-refractivity contribution in [2.45, 2.75) is 27.2 Å². The number of nitrogens with zero attached hydrogens (tertiary/aromatic N) is 1. The van der Waals surface area contributed by atoms with Crippen molar-refractivity contribution in [3.05, 3.63) is 30.3 Å². The number of esters is 2. The first-order chi connectivity index (χ1) is 11.0. The fraction of sp³-hybridized carbons (Fsp3) is 0.471. The summed E-state index contributed by atoms with van der Waals surface area (Å²) < 4.78 is 9.76. The highest BCUT2D eigenvalue weighted by atomic mass is 16.6. The van der Waals surface area contributed by atoms with Crippen molar-refractivity contribution >= 4 is 23.5 Å². The van der Waals surface area contributed by atoms with Gasteiger partial charge in [-0.05, 0) is 32.9 Å². The highest BCUT2D eigenvalue weighted by Crippen LogP contribution is 2.18. The van der Waals surface area contributed by atoms with E-state index in [1.807, 2.05) is 25.1 Å².